The molecule has 0 bridgehead atoms. The van der Waals surface area contributed by atoms with Crippen molar-refractivity contribution in [1.29, 1.82) is 0 Å². The van der Waals surface area contributed by atoms with Crippen LogP contribution < -0.4 is 10.4 Å². The second-order valence-electron chi connectivity index (χ2n) is 11.8. The van der Waals surface area contributed by atoms with Crippen molar-refractivity contribution in [2.75, 3.05) is 0 Å². The van der Waals surface area contributed by atoms with Gasteiger partial charge in [0.25, 0.3) is 0 Å². The lowest BCUT2D eigenvalue weighted by Crippen LogP contribution is -2.55. The van der Waals surface area contributed by atoms with Crippen LogP contribution in [0, 0.1) is 0 Å². The molecule has 4 aromatic rings. The van der Waals surface area contributed by atoms with Crippen molar-refractivity contribution in [3.8, 4) is 32.0 Å². The van der Waals surface area contributed by atoms with Crippen molar-refractivity contribution >= 4 is 73.0 Å². The van der Waals surface area contributed by atoms with Crippen LogP contribution in [0.4, 0.5) is 0 Å². The van der Waals surface area contributed by atoms with E-state index in [2.05, 4.69) is 106 Å². The highest BCUT2D eigenvalue weighted by Gasteiger charge is 2.44. The summed E-state index contributed by atoms with van der Waals surface area (Å²) in [7, 11) is -1.94. The fraction of sp³-hybridized carbons (Fsp3) is 0.444. The second kappa shape index (κ2) is 15.1. The van der Waals surface area contributed by atoms with Crippen LogP contribution in [0.3, 0.4) is 0 Å². The van der Waals surface area contributed by atoms with Crippen molar-refractivity contribution in [3.63, 3.8) is 0 Å². The maximum atomic E-state index is 3.71. The molecular formula is C36H44Br2S2Si. The predicted octanol–water partition coefficient (Wildman–Crippen LogP) is 12.9. The molecule has 1 aliphatic rings. The number of halogens is 2. The van der Waals surface area contributed by atoms with E-state index in [9.17, 15) is 0 Å². The van der Waals surface area contributed by atoms with Gasteiger partial charge in [-0.05, 0) is 101 Å². The first-order valence-corrected chi connectivity index (χ1v) is 21.5. The minimum Gasteiger partial charge on any atom is -0.128 e. The number of fused-ring (bicyclic) bond motifs is 3. The van der Waals surface area contributed by atoms with Gasteiger partial charge in [0.15, 0.2) is 0 Å². The third-order valence-corrected chi connectivity index (χ3v) is 17.6. The molecule has 0 nitrogen and oxygen atoms in total. The minimum absolute atomic E-state index is 1.21. The number of thiophene rings is 2. The number of benzene rings is 2. The van der Waals surface area contributed by atoms with E-state index in [-0.39, 0.29) is 0 Å². The van der Waals surface area contributed by atoms with Crippen LogP contribution in [-0.4, -0.2) is 8.07 Å². The topological polar surface area (TPSA) is 0 Å². The Morgan fingerprint density at radius 2 is 0.927 bits per heavy atom. The smallest absolute Gasteiger partial charge is 0.119 e. The van der Waals surface area contributed by atoms with Gasteiger partial charge in [-0.2, -0.15) is 0 Å². The van der Waals surface area contributed by atoms with Gasteiger partial charge in [0.1, 0.15) is 8.07 Å². The van der Waals surface area contributed by atoms with Crippen LogP contribution in [0.2, 0.25) is 12.1 Å². The Kier molecular flexibility index (Phi) is 11.6. The number of rotatable bonds is 16. The molecule has 0 radical (unpaired) electrons. The third-order valence-electron chi connectivity index (χ3n) is 8.99. The van der Waals surface area contributed by atoms with Crippen molar-refractivity contribution in [1.82, 2.24) is 0 Å². The Morgan fingerprint density at radius 1 is 0.512 bits per heavy atom. The van der Waals surface area contributed by atoms with E-state index in [1.807, 2.05) is 22.7 Å². The predicted molar refractivity (Wildman–Crippen MR) is 195 cm³/mol. The monoisotopic (exact) mass is 726 g/mol. The molecule has 5 heteroatoms. The molecule has 0 aliphatic carbocycles. The highest BCUT2D eigenvalue weighted by atomic mass is 79.9. The first kappa shape index (κ1) is 31.4. The maximum Gasteiger partial charge on any atom is 0.119 e. The molecule has 0 N–H and O–H groups in total. The van der Waals surface area contributed by atoms with Gasteiger partial charge in [-0.1, -0.05) is 127 Å². The van der Waals surface area contributed by atoms with Gasteiger partial charge in [-0.25, -0.2) is 0 Å². The second-order valence-corrected chi connectivity index (χ2v) is 21.0. The van der Waals surface area contributed by atoms with Gasteiger partial charge in [-0.15, -0.1) is 22.7 Å². The zero-order chi connectivity index (χ0) is 28.7. The summed E-state index contributed by atoms with van der Waals surface area (Å²) in [5, 5.41) is 3.45. The normalized spacial score (nSPS) is 13.5. The number of hydrogen-bond donors (Lipinski definition) is 0. The fourth-order valence-corrected chi connectivity index (χ4v) is 15.2. The fourth-order valence-electron chi connectivity index (χ4n) is 6.82. The summed E-state index contributed by atoms with van der Waals surface area (Å²) >= 11 is 11.1. The SMILES string of the molecule is CCCCCCCC[Si]1(CCCCCCCC)c2cc(-c3ccc(Br)s3)ccc2-c2ccc(-c3ccc(Br)s3)cc21. The molecule has 218 valence electrons. The average Bonchev–Trinajstić information content (AvgIpc) is 3.69. The van der Waals surface area contributed by atoms with E-state index >= 15 is 0 Å². The van der Waals surface area contributed by atoms with Crippen molar-refractivity contribution < 1.29 is 0 Å². The van der Waals surface area contributed by atoms with E-state index in [0.717, 1.165) is 0 Å². The summed E-state index contributed by atoms with van der Waals surface area (Å²) < 4.78 is 2.43. The van der Waals surface area contributed by atoms with E-state index in [1.165, 1.54) is 129 Å². The van der Waals surface area contributed by atoms with E-state index < -0.39 is 8.07 Å². The average molecular weight is 729 g/mol. The van der Waals surface area contributed by atoms with Crippen LogP contribution in [0.15, 0.2) is 68.2 Å². The lowest BCUT2D eigenvalue weighted by Gasteiger charge is -2.31. The molecule has 0 amide bonds. The number of hydrogen-bond acceptors (Lipinski definition) is 2. The summed E-state index contributed by atoms with van der Waals surface area (Å²) in [6.45, 7) is 4.64. The molecule has 0 unspecified atom stereocenters. The summed E-state index contributed by atoms with van der Waals surface area (Å²) in [6.07, 6.45) is 16.5. The van der Waals surface area contributed by atoms with Gasteiger partial charge >= 0.3 is 0 Å². The molecule has 2 aromatic heterocycles. The van der Waals surface area contributed by atoms with Crippen molar-refractivity contribution in [2.45, 2.75) is 103 Å². The molecule has 0 saturated heterocycles. The third kappa shape index (κ3) is 7.40. The summed E-state index contributed by atoms with van der Waals surface area (Å²) in [6, 6.07) is 26.7. The zero-order valence-corrected chi connectivity index (χ0v) is 30.6. The quantitative estimate of drug-likeness (QED) is 0.0796. The maximum absolute atomic E-state index is 3.71. The van der Waals surface area contributed by atoms with Crippen LogP contribution in [-0.2, 0) is 0 Å². The van der Waals surface area contributed by atoms with Crippen LogP contribution in [0.1, 0.15) is 90.9 Å². The first-order chi connectivity index (χ1) is 20.1. The van der Waals surface area contributed by atoms with Gasteiger partial charge in [0.05, 0.1) is 7.57 Å². The molecular weight excluding hydrogens is 684 g/mol. The van der Waals surface area contributed by atoms with Gasteiger partial charge in [-0.3, -0.25) is 0 Å². The molecule has 0 atom stereocenters. The van der Waals surface area contributed by atoms with E-state index in [1.54, 1.807) is 10.4 Å². The Bertz CT molecular complexity index is 1310. The minimum atomic E-state index is -1.94. The lowest BCUT2D eigenvalue weighted by atomic mass is 10.0. The molecule has 0 saturated carbocycles. The highest BCUT2D eigenvalue weighted by Crippen LogP contribution is 2.41. The van der Waals surface area contributed by atoms with E-state index in [4.69, 9.17) is 0 Å². The molecule has 41 heavy (non-hydrogen) atoms. The molecule has 3 heterocycles. The van der Waals surface area contributed by atoms with Gasteiger partial charge in [0.2, 0.25) is 0 Å². The zero-order valence-electron chi connectivity index (χ0n) is 24.7. The van der Waals surface area contributed by atoms with Crippen molar-refractivity contribution in [3.05, 3.63) is 68.2 Å². The van der Waals surface area contributed by atoms with Gasteiger partial charge in [0, 0.05) is 9.75 Å². The Labute approximate surface area is 274 Å². The summed E-state index contributed by atoms with van der Waals surface area (Å²) in [4.78, 5) is 2.75. The first-order valence-electron chi connectivity index (χ1n) is 15.9. The summed E-state index contributed by atoms with van der Waals surface area (Å²) in [5.74, 6) is 0. The van der Waals surface area contributed by atoms with Crippen LogP contribution in [0.5, 0.6) is 0 Å². The molecule has 1 aliphatic heterocycles. The van der Waals surface area contributed by atoms with Crippen molar-refractivity contribution in [2.24, 2.45) is 0 Å². The molecule has 0 spiro atoms. The summed E-state index contributed by atoms with van der Waals surface area (Å²) in [5.41, 5.74) is 5.86. The standard InChI is InChI=1S/C36H44Br2S2Si/c1-3-5-7-9-11-13-23-41(24-14-12-10-8-6-4-2)33-25-27(31-19-21-35(37)39-31)15-17-29(33)30-18-16-28(26-34(30)41)32-20-22-36(38)40-32/h15-22,25-26H,3-14,23-24H2,1-2H3. The Balaban J connectivity index is 1.55. The largest absolute Gasteiger partial charge is 0.128 e. The molecule has 0 fully saturated rings. The lowest BCUT2D eigenvalue weighted by molar-refractivity contribution is 0.616. The van der Waals surface area contributed by atoms with Crippen LogP contribution in [0.25, 0.3) is 32.0 Å². The number of unbranched alkanes of at least 4 members (excludes halogenated alkanes) is 10. The highest BCUT2D eigenvalue weighted by molar-refractivity contribution is 9.11. The van der Waals surface area contributed by atoms with E-state index in [0.29, 0.717) is 0 Å². The van der Waals surface area contributed by atoms with Crippen LogP contribution >= 0.6 is 54.5 Å². The molecule has 5 rings (SSSR count). The van der Waals surface area contributed by atoms with Gasteiger partial charge < -0.3 is 0 Å². The Hall–Kier alpha value is -0.983. The Morgan fingerprint density at radius 3 is 1.32 bits per heavy atom. The molecule has 2 aromatic carbocycles.